The van der Waals surface area contributed by atoms with Crippen molar-refractivity contribution in [1.29, 1.82) is 0 Å². The fourth-order valence-electron chi connectivity index (χ4n) is 1.89. The molecule has 0 saturated heterocycles. The van der Waals surface area contributed by atoms with Crippen LogP contribution in [0, 0.1) is 5.82 Å². The molecule has 0 aromatic heterocycles. The monoisotopic (exact) mass is 254 g/mol. The van der Waals surface area contributed by atoms with Gasteiger partial charge in [0.05, 0.1) is 7.11 Å². The lowest BCUT2D eigenvalue weighted by molar-refractivity contribution is 0.327. The van der Waals surface area contributed by atoms with E-state index in [4.69, 9.17) is 10.5 Å². The number of nitrogens with two attached hydrogens (primary N) is 1. The van der Waals surface area contributed by atoms with Crippen molar-refractivity contribution in [2.24, 2.45) is 5.73 Å². The number of methoxy groups -OCH3 is 1. The van der Waals surface area contributed by atoms with Gasteiger partial charge in [0.1, 0.15) is 11.6 Å². The molecule has 3 nitrogen and oxygen atoms in total. The van der Waals surface area contributed by atoms with E-state index in [1.807, 2.05) is 0 Å². The van der Waals surface area contributed by atoms with Gasteiger partial charge in [-0.15, -0.1) is 0 Å². The lowest BCUT2D eigenvalue weighted by atomic mass is 10.1. The Morgan fingerprint density at radius 2 is 2.06 bits per heavy atom. The maximum absolute atomic E-state index is 13.2. The molecule has 102 valence electrons. The average molecular weight is 254 g/mol. The highest BCUT2D eigenvalue weighted by atomic mass is 19.1. The topological polar surface area (TPSA) is 38.5 Å². The second-order valence-electron chi connectivity index (χ2n) is 4.51. The van der Waals surface area contributed by atoms with Gasteiger partial charge < -0.3 is 15.4 Å². The average Bonchev–Trinajstić information content (AvgIpc) is 2.37. The van der Waals surface area contributed by atoms with E-state index >= 15 is 0 Å². The number of nitrogens with zero attached hydrogens (tertiary/aromatic N) is 1. The van der Waals surface area contributed by atoms with E-state index in [2.05, 4.69) is 11.9 Å². The third kappa shape index (κ3) is 5.02. The van der Waals surface area contributed by atoms with Crippen molar-refractivity contribution >= 4 is 0 Å². The molecule has 1 rings (SSSR count). The van der Waals surface area contributed by atoms with Crippen molar-refractivity contribution in [2.45, 2.75) is 19.3 Å². The third-order valence-corrected chi connectivity index (χ3v) is 3.00. The first-order valence-corrected chi connectivity index (χ1v) is 6.38. The van der Waals surface area contributed by atoms with Crippen molar-refractivity contribution in [3.8, 4) is 5.75 Å². The Bertz CT molecular complexity index is 358. The molecule has 0 aliphatic heterocycles. The fourth-order valence-corrected chi connectivity index (χ4v) is 1.89. The summed E-state index contributed by atoms with van der Waals surface area (Å²) in [6, 6.07) is 4.65. The molecule has 1 aromatic rings. The van der Waals surface area contributed by atoms with Crippen LogP contribution in [0.15, 0.2) is 18.2 Å². The number of likely N-dealkylation sites (N-methyl/N-ethyl adjacent to an activating group) is 1. The van der Waals surface area contributed by atoms with Crippen molar-refractivity contribution in [2.75, 3.05) is 33.8 Å². The Kier molecular flexibility index (Phi) is 6.68. The van der Waals surface area contributed by atoms with Crippen molar-refractivity contribution in [3.05, 3.63) is 29.6 Å². The molecule has 0 saturated carbocycles. The van der Waals surface area contributed by atoms with Gasteiger partial charge in [-0.3, -0.25) is 0 Å². The number of halogens is 1. The van der Waals surface area contributed by atoms with Crippen LogP contribution in [0.3, 0.4) is 0 Å². The summed E-state index contributed by atoms with van der Waals surface area (Å²) in [6.45, 7) is 2.66. The summed E-state index contributed by atoms with van der Waals surface area (Å²) < 4.78 is 18.4. The molecule has 18 heavy (non-hydrogen) atoms. The Labute approximate surface area is 109 Å². The quantitative estimate of drug-likeness (QED) is 0.722. The molecular formula is C14H23FN2O. The third-order valence-electron chi connectivity index (χ3n) is 3.00. The van der Waals surface area contributed by atoms with Crippen LogP contribution in [0.1, 0.15) is 18.4 Å². The van der Waals surface area contributed by atoms with Gasteiger partial charge in [-0.25, -0.2) is 4.39 Å². The Balaban J connectivity index is 2.44. The van der Waals surface area contributed by atoms with Gasteiger partial charge in [0.25, 0.3) is 0 Å². The summed E-state index contributed by atoms with van der Waals surface area (Å²) in [4.78, 5) is 2.24. The normalized spacial score (nSPS) is 10.9. The predicted octanol–water partition coefficient (Wildman–Crippen LogP) is 2.05. The second kappa shape index (κ2) is 8.06. The van der Waals surface area contributed by atoms with E-state index < -0.39 is 0 Å². The van der Waals surface area contributed by atoms with Crippen LogP contribution >= 0.6 is 0 Å². The van der Waals surface area contributed by atoms with E-state index in [0.717, 1.165) is 50.2 Å². The molecule has 0 bridgehead atoms. The predicted molar refractivity (Wildman–Crippen MR) is 72.4 cm³/mol. The van der Waals surface area contributed by atoms with Gasteiger partial charge in [0, 0.05) is 6.54 Å². The highest BCUT2D eigenvalue weighted by Gasteiger charge is 2.06. The molecule has 0 fully saturated rings. The van der Waals surface area contributed by atoms with Gasteiger partial charge in [-0.2, -0.15) is 0 Å². The summed E-state index contributed by atoms with van der Waals surface area (Å²) in [5.41, 5.74) is 6.38. The molecule has 2 N–H and O–H groups in total. The maximum Gasteiger partial charge on any atom is 0.123 e. The Morgan fingerprint density at radius 3 is 2.72 bits per heavy atom. The maximum atomic E-state index is 13.2. The summed E-state index contributed by atoms with van der Waals surface area (Å²) in [5.74, 6) is 0.545. The van der Waals surface area contributed by atoms with Crippen LogP contribution in [0.5, 0.6) is 5.75 Å². The van der Waals surface area contributed by atoms with Crippen LogP contribution in [-0.2, 0) is 6.42 Å². The molecule has 4 heteroatoms. The largest absolute Gasteiger partial charge is 0.496 e. The molecule has 1 aromatic carbocycles. The highest BCUT2D eigenvalue weighted by molar-refractivity contribution is 5.34. The summed E-state index contributed by atoms with van der Waals surface area (Å²) in [7, 11) is 3.68. The van der Waals surface area contributed by atoms with Crippen LogP contribution in [0.25, 0.3) is 0 Å². The molecular weight excluding hydrogens is 231 g/mol. The molecule has 0 aliphatic carbocycles. The first-order valence-electron chi connectivity index (χ1n) is 6.38. The Morgan fingerprint density at radius 1 is 1.28 bits per heavy atom. The number of hydrogen-bond donors (Lipinski definition) is 1. The zero-order chi connectivity index (χ0) is 13.4. The number of ether oxygens (including phenoxy) is 1. The minimum Gasteiger partial charge on any atom is -0.496 e. The van der Waals surface area contributed by atoms with Crippen molar-refractivity contribution < 1.29 is 9.13 Å². The minimum atomic E-state index is -0.211. The number of benzene rings is 1. The summed E-state index contributed by atoms with van der Waals surface area (Å²) >= 11 is 0. The SMILES string of the molecule is COc1ccc(F)cc1CCN(C)CCCCN. The van der Waals surface area contributed by atoms with Crippen LogP contribution in [0.4, 0.5) is 4.39 Å². The van der Waals surface area contributed by atoms with E-state index in [0.29, 0.717) is 0 Å². The van der Waals surface area contributed by atoms with E-state index in [1.54, 1.807) is 19.2 Å². The summed E-state index contributed by atoms with van der Waals surface area (Å²) in [6.07, 6.45) is 2.95. The van der Waals surface area contributed by atoms with Crippen molar-refractivity contribution in [3.63, 3.8) is 0 Å². The standard InChI is InChI=1S/C14H23FN2O/c1-17(9-4-3-8-16)10-7-12-11-13(15)5-6-14(12)18-2/h5-6,11H,3-4,7-10,16H2,1-2H3. The van der Waals surface area contributed by atoms with Gasteiger partial charge in [-0.05, 0) is 63.2 Å². The van der Waals surface area contributed by atoms with Gasteiger partial charge in [0.2, 0.25) is 0 Å². The molecule has 0 radical (unpaired) electrons. The Hall–Kier alpha value is -1.13. The lowest BCUT2D eigenvalue weighted by Crippen LogP contribution is -2.23. The number of unbranched alkanes of at least 4 members (excludes halogenated alkanes) is 1. The molecule has 0 aliphatic rings. The summed E-state index contributed by atoms with van der Waals surface area (Å²) in [5, 5.41) is 0. The molecule has 0 amide bonds. The minimum absolute atomic E-state index is 0.211. The molecule has 0 spiro atoms. The van der Waals surface area contributed by atoms with E-state index in [-0.39, 0.29) is 5.82 Å². The van der Waals surface area contributed by atoms with Gasteiger partial charge in [-0.1, -0.05) is 0 Å². The van der Waals surface area contributed by atoms with Crippen LogP contribution in [-0.4, -0.2) is 38.7 Å². The molecule has 0 unspecified atom stereocenters. The number of hydrogen-bond acceptors (Lipinski definition) is 3. The van der Waals surface area contributed by atoms with E-state index in [1.165, 1.54) is 6.07 Å². The zero-order valence-electron chi connectivity index (χ0n) is 11.3. The van der Waals surface area contributed by atoms with Crippen LogP contribution in [0.2, 0.25) is 0 Å². The number of rotatable bonds is 8. The van der Waals surface area contributed by atoms with Gasteiger partial charge in [0.15, 0.2) is 0 Å². The van der Waals surface area contributed by atoms with Crippen molar-refractivity contribution in [1.82, 2.24) is 4.90 Å². The smallest absolute Gasteiger partial charge is 0.123 e. The highest BCUT2D eigenvalue weighted by Crippen LogP contribution is 2.19. The lowest BCUT2D eigenvalue weighted by Gasteiger charge is -2.17. The van der Waals surface area contributed by atoms with E-state index in [9.17, 15) is 4.39 Å². The van der Waals surface area contributed by atoms with Gasteiger partial charge >= 0.3 is 0 Å². The zero-order valence-corrected chi connectivity index (χ0v) is 11.3. The first-order chi connectivity index (χ1) is 8.67. The second-order valence-corrected chi connectivity index (χ2v) is 4.51. The first kappa shape index (κ1) is 14.9. The van der Waals surface area contributed by atoms with Crippen LogP contribution < -0.4 is 10.5 Å². The molecule has 0 atom stereocenters. The molecule has 0 heterocycles. The fraction of sp³-hybridized carbons (Fsp3) is 0.571.